The van der Waals surface area contributed by atoms with E-state index in [1.165, 1.54) is 24.8 Å². The minimum absolute atomic E-state index is 0. The summed E-state index contributed by atoms with van der Waals surface area (Å²) in [5.41, 5.74) is 1.19. The van der Waals surface area contributed by atoms with E-state index in [-0.39, 0.29) is 41.8 Å². The Hall–Kier alpha value is -1.55. The second-order valence-corrected chi connectivity index (χ2v) is 8.07. The highest BCUT2D eigenvalue weighted by Gasteiger charge is 2.29. The quantitative estimate of drug-likeness (QED) is 0.183. The van der Waals surface area contributed by atoms with E-state index < -0.39 is 0 Å². The van der Waals surface area contributed by atoms with E-state index in [9.17, 15) is 4.79 Å². The van der Waals surface area contributed by atoms with Crippen LogP contribution in [-0.2, 0) is 4.79 Å². The molecule has 1 heterocycles. The van der Waals surface area contributed by atoms with Crippen LogP contribution in [0.25, 0.3) is 0 Å². The number of hydrogen-bond donors (Lipinski definition) is 3. The SMILES string of the molecule is CCNC(=NCC(c1ccccc1OC)N1CCCCC1)NCCNC(=O)C1CC1.I. The molecule has 0 radical (unpaired) electrons. The number of methoxy groups -OCH3 is 1. The van der Waals surface area contributed by atoms with Crippen LogP contribution in [0.2, 0.25) is 0 Å². The molecule has 8 heteroatoms. The third kappa shape index (κ3) is 8.14. The number of amides is 1. The lowest BCUT2D eigenvalue weighted by atomic mass is 10.0. The van der Waals surface area contributed by atoms with E-state index in [1.54, 1.807) is 7.11 Å². The topological polar surface area (TPSA) is 78.0 Å². The number of likely N-dealkylation sites (tertiary alicyclic amines) is 1. The molecular formula is C23H38IN5O2. The maximum atomic E-state index is 11.8. The first kappa shape index (κ1) is 25.7. The number of nitrogens with zero attached hydrogens (tertiary/aromatic N) is 2. The number of benzene rings is 1. The maximum Gasteiger partial charge on any atom is 0.223 e. The van der Waals surface area contributed by atoms with Crippen LogP contribution < -0.4 is 20.7 Å². The first-order valence-electron chi connectivity index (χ1n) is 11.4. The van der Waals surface area contributed by atoms with Crippen molar-refractivity contribution in [1.29, 1.82) is 0 Å². The van der Waals surface area contributed by atoms with Crippen LogP contribution in [-0.4, -0.2) is 63.1 Å². The van der Waals surface area contributed by atoms with Gasteiger partial charge in [0.15, 0.2) is 5.96 Å². The molecule has 0 bridgehead atoms. The standard InChI is InChI=1S/C23H37N5O2.HI/c1-3-24-23(26-14-13-25-22(29)18-11-12-18)27-17-20(28-15-7-4-8-16-28)19-9-5-6-10-21(19)30-2;/h5-6,9-10,18,20H,3-4,7-8,11-17H2,1-2H3,(H,25,29)(H2,24,26,27);1H. The van der Waals surface area contributed by atoms with Gasteiger partial charge in [-0.15, -0.1) is 24.0 Å². The number of piperidine rings is 1. The van der Waals surface area contributed by atoms with Gasteiger partial charge in [-0.2, -0.15) is 0 Å². The Labute approximate surface area is 203 Å². The number of halogens is 1. The van der Waals surface area contributed by atoms with E-state index in [4.69, 9.17) is 9.73 Å². The first-order chi connectivity index (χ1) is 14.7. The number of guanidine groups is 1. The largest absolute Gasteiger partial charge is 0.496 e. The van der Waals surface area contributed by atoms with Crippen molar-refractivity contribution in [2.24, 2.45) is 10.9 Å². The highest BCUT2D eigenvalue weighted by atomic mass is 127. The van der Waals surface area contributed by atoms with Gasteiger partial charge in [0.05, 0.1) is 19.7 Å². The molecule has 0 spiro atoms. The van der Waals surface area contributed by atoms with Crippen molar-refractivity contribution in [1.82, 2.24) is 20.9 Å². The van der Waals surface area contributed by atoms with Crippen LogP contribution in [0.5, 0.6) is 5.75 Å². The van der Waals surface area contributed by atoms with E-state index in [2.05, 4.69) is 39.9 Å². The van der Waals surface area contributed by atoms with Gasteiger partial charge >= 0.3 is 0 Å². The van der Waals surface area contributed by atoms with Crippen LogP contribution in [0.3, 0.4) is 0 Å². The summed E-state index contributed by atoms with van der Waals surface area (Å²) in [4.78, 5) is 19.2. The van der Waals surface area contributed by atoms with Crippen LogP contribution >= 0.6 is 24.0 Å². The monoisotopic (exact) mass is 543 g/mol. The Bertz CT molecular complexity index is 705. The van der Waals surface area contributed by atoms with Gasteiger partial charge in [0.25, 0.3) is 0 Å². The number of carbonyl (C=O) groups is 1. The van der Waals surface area contributed by atoms with Gasteiger partial charge in [-0.05, 0) is 51.8 Å². The Balaban J connectivity index is 0.00000341. The van der Waals surface area contributed by atoms with Crippen molar-refractivity contribution in [3.8, 4) is 5.75 Å². The number of ether oxygens (including phenoxy) is 1. The molecule has 0 aromatic heterocycles. The van der Waals surface area contributed by atoms with Gasteiger partial charge in [0.1, 0.15) is 5.75 Å². The Morgan fingerprint density at radius 3 is 2.52 bits per heavy atom. The lowest BCUT2D eigenvalue weighted by Crippen LogP contribution is -2.42. The molecule has 2 aliphatic rings. The Morgan fingerprint density at radius 2 is 1.84 bits per heavy atom. The van der Waals surface area contributed by atoms with Gasteiger partial charge in [0, 0.05) is 31.1 Å². The average Bonchev–Trinajstić information content (AvgIpc) is 3.63. The summed E-state index contributed by atoms with van der Waals surface area (Å²) in [6.45, 7) is 6.97. The fourth-order valence-corrected chi connectivity index (χ4v) is 3.96. The molecule has 7 nitrogen and oxygen atoms in total. The third-order valence-corrected chi connectivity index (χ3v) is 5.76. The van der Waals surface area contributed by atoms with Gasteiger partial charge in [-0.1, -0.05) is 24.6 Å². The summed E-state index contributed by atoms with van der Waals surface area (Å²) in [6.07, 6.45) is 5.83. The predicted octanol–water partition coefficient (Wildman–Crippen LogP) is 2.92. The molecule has 1 saturated heterocycles. The normalized spacial score (nSPS) is 17.9. The third-order valence-electron chi connectivity index (χ3n) is 5.76. The second kappa shape index (κ2) is 13.8. The highest BCUT2D eigenvalue weighted by Crippen LogP contribution is 2.31. The number of carbonyl (C=O) groups excluding carboxylic acids is 1. The molecule has 1 aromatic carbocycles. The summed E-state index contributed by atoms with van der Waals surface area (Å²) in [5.74, 6) is 2.14. The van der Waals surface area contributed by atoms with E-state index in [0.717, 1.165) is 44.2 Å². The molecular weight excluding hydrogens is 505 g/mol. The Kier molecular flexibility index (Phi) is 11.4. The minimum Gasteiger partial charge on any atom is -0.496 e. The summed E-state index contributed by atoms with van der Waals surface area (Å²) in [5, 5.41) is 9.66. The molecule has 1 unspecified atom stereocenters. The van der Waals surface area contributed by atoms with Gasteiger partial charge in [0.2, 0.25) is 5.91 Å². The van der Waals surface area contributed by atoms with Crippen molar-refractivity contribution < 1.29 is 9.53 Å². The van der Waals surface area contributed by atoms with E-state index in [0.29, 0.717) is 19.6 Å². The molecule has 3 N–H and O–H groups in total. The van der Waals surface area contributed by atoms with Crippen molar-refractivity contribution in [3.63, 3.8) is 0 Å². The molecule has 1 atom stereocenters. The summed E-state index contributed by atoms with van der Waals surface area (Å²) < 4.78 is 5.65. The van der Waals surface area contributed by atoms with Crippen molar-refractivity contribution in [2.75, 3.05) is 46.4 Å². The zero-order chi connectivity index (χ0) is 21.2. The number of aliphatic imine (C=N–C) groups is 1. The van der Waals surface area contributed by atoms with Crippen molar-refractivity contribution >= 4 is 35.8 Å². The summed E-state index contributed by atoms with van der Waals surface area (Å²) in [7, 11) is 1.73. The number of para-hydroxylation sites is 1. The number of nitrogens with one attached hydrogen (secondary N) is 3. The van der Waals surface area contributed by atoms with Crippen molar-refractivity contribution in [3.05, 3.63) is 29.8 Å². The molecule has 1 aromatic rings. The van der Waals surface area contributed by atoms with Gasteiger partial charge in [-0.25, -0.2) is 0 Å². The highest BCUT2D eigenvalue weighted by molar-refractivity contribution is 14.0. The zero-order valence-electron chi connectivity index (χ0n) is 18.9. The van der Waals surface area contributed by atoms with Crippen LogP contribution in [0.1, 0.15) is 50.6 Å². The summed E-state index contributed by atoms with van der Waals surface area (Å²) in [6, 6.07) is 8.46. The average molecular weight is 543 g/mol. The van der Waals surface area contributed by atoms with Gasteiger partial charge < -0.3 is 20.7 Å². The van der Waals surface area contributed by atoms with Crippen LogP contribution in [0.4, 0.5) is 0 Å². The summed E-state index contributed by atoms with van der Waals surface area (Å²) >= 11 is 0. The zero-order valence-corrected chi connectivity index (χ0v) is 21.2. The van der Waals surface area contributed by atoms with Crippen LogP contribution in [0, 0.1) is 5.92 Å². The van der Waals surface area contributed by atoms with E-state index in [1.807, 2.05) is 12.1 Å². The lowest BCUT2D eigenvalue weighted by Gasteiger charge is -2.34. The van der Waals surface area contributed by atoms with Gasteiger partial charge in [-0.3, -0.25) is 14.7 Å². The van der Waals surface area contributed by atoms with Crippen molar-refractivity contribution in [2.45, 2.75) is 45.1 Å². The Morgan fingerprint density at radius 1 is 1.13 bits per heavy atom. The smallest absolute Gasteiger partial charge is 0.223 e. The number of rotatable bonds is 10. The molecule has 174 valence electrons. The minimum atomic E-state index is 0. The predicted molar refractivity (Wildman–Crippen MR) is 136 cm³/mol. The fraction of sp³-hybridized carbons (Fsp3) is 0.652. The number of hydrogen-bond acceptors (Lipinski definition) is 4. The molecule has 31 heavy (non-hydrogen) atoms. The molecule has 1 aliphatic heterocycles. The van der Waals surface area contributed by atoms with Crippen LogP contribution in [0.15, 0.2) is 29.3 Å². The maximum absolute atomic E-state index is 11.8. The lowest BCUT2D eigenvalue weighted by molar-refractivity contribution is -0.122. The molecule has 2 fully saturated rings. The van der Waals surface area contributed by atoms with E-state index >= 15 is 0 Å². The molecule has 1 amide bonds. The first-order valence-corrected chi connectivity index (χ1v) is 11.4. The second-order valence-electron chi connectivity index (χ2n) is 8.07. The fourth-order valence-electron chi connectivity index (χ4n) is 3.96. The molecule has 1 aliphatic carbocycles. The molecule has 3 rings (SSSR count). The molecule has 1 saturated carbocycles.